The molecule has 0 radical (unpaired) electrons. The largest absolute Gasteiger partial charge is 0.101 e. The molecular weight excluding hydrogens is 96.1 g/mol. The second-order valence-corrected chi connectivity index (χ2v) is 1.63. The second kappa shape index (κ2) is 3.10. The topological polar surface area (TPSA) is 0 Å². The summed E-state index contributed by atoms with van der Waals surface area (Å²) in [5.74, 6) is 5.54. The summed E-state index contributed by atoms with van der Waals surface area (Å²) in [5.41, 5.74) is 1.77. The van der Waals surface area contributed by atoms with E-state index in [0.29, 0.717) is 0 Å². The van der Waals surface area contributed by atoms with Crippen LogP contribution in [-0.4, -0.2) is 0 Å². The van der Waals surface area contributed by atoms with Crippen LogP contribution in [0.5, 0.6) is 0 Å². The fourth-order valence-corrected chi connectivity index (χ4v) is 0.258. The normalized spacial score (nSPS) is 6.75. The first-order chi connectivity index (χ1) is 3.68. The quantitative estimate of drug-likeness (QED) is 0.355. The molecule has 0 aliphatic rings. The Labute approximate surface area is 50.9 Å². The molecule has 0 saturated carbocycles. The number of hydrogen-bond acceptors (Lipinski definition) is 0. The van der Waals surface area contributed by atoms with Gasteiger partial charge in [-0.3, -0.25) is 0 Å². The molecule has 0 aromatic carbocycles. The van der Waals surface area contributed by atoms with Crippen LogP contribution in [0.15, 0.2) is 24.3 Å². The highest BCUT2D eigenvalue weighted by Crippen LogP contribution is 1.99. The fourth-order valence-electron chi connectivity index (χ4n) is 0.258. The molecule has 42 valence electrons. The first kappa shape index (κ1) is 7.04. The van der Waals surface area contributed by atoms with Crippen molar-refractivity contribution in [3.8, 4) is 11.8 Å². The number of allylic oxidation sites excluding steroid dienone is 2. The van der Waals surface area contributed by atoms with Crippen molar-refractivity contribution in [1.82, 2.24) is 0 Å². The van der Waals surface area contributed by atoms with Gasteiger partial charge in [-0.1, -0.05) is 19.1 Å². The predicted octanol–water partition coefficient (Wildman–Crippen LogP) is 2.14. The van der Waals surface area contributed by atoms with E-state index < -0.39 is 0 Å². The molecule has 0 aliphatic heterocycles. The van der Waals surface area contributed by atoms with Crippen molar-refractivity contribution in [3.05, 3.63) is 24.3 Å². The van der Waals surface area contributed by atoms with Crippen molar-refractivity contribution in [1.29, 1.82) is 0 Å². The van der Waals surface area contributed by atoms with Gasteiger partial charge >= 0.3 is 0 Å². The van der Waals surface area contributed by atoms with Crippen LogP contribution in [0.4, 0.5) is 0 Å². The maximum Gasteiger partial charge on any atom is 0.0196 e. The van der Waals surface area contributed by atoms with Gasteiger partial charge in [0.2, 0.25) is 0 Å². The molecule has 0 saturated heterocycles. The fraction of sp³-hybridized carbons (Fsp3) is 0.250. The molecular formula is C8H10. The minimum absolute atomic E-state index is 0.826. The molecule has 0 bridgehead atoms. The van der Waals surface area contributed by atoms with E-state index in [1.807, 2.05) is 6.92 Å². The standard InChI is InChI=1S/C8H10/c1-5-6-8(4)7(2)3/h2,4H2,1,3H3. The molecule has 0 aliphatic carbocycles. The first-order valence-electron chi connectivity index (χ1n) is 2.46. The van der Waals surface area contributed by atoms with Crippen molar-refractivity contribution < 1.29 is 0 Å². The Morgan fingerprint density at radius 2 is 1.88 bits per heavy atom. The third-order valence-corrected chi connectivity index (χ3v) is 0.791. The van der Waals surface area contributed by atoms with E-state index in [4.69, 9.17) is 0 Å². The predicted molar refractivity (Wildman–Crippen MR) is 37.4 cm³/mol. The van der Waals surface area contributed by atoms with Crippen LogP contribution in [0.2, 0.25) is 0 Å². The van der Waals surface area contributed by atoms with Crippen molar-refractivity contribution in [2.45, 2.75) is 13.8 Å². The van der Waals surface area contributed by atoms with Crippen molar-refractivity contribution in [2.75, 3.05) is 0 Å². The summed E-state index contributed by atoms with van der Waals surface area (Å²) in [7, 11) is 0. The number of hydrogen-bond donors (Lipinski definition) is 0. The molecule has 0 N–H and O–H groups in total. The van der Waals surface area contributed by atoms with Crippen LogP contribution < -0.4 is 0 Å². The Morgan fingerprint density at radius 1 is 1.38 bits per heavy atom. The summed E-state index contributed by atoms with van der Waals surface area (Å²) >= 11 is 0. The second-order valence-electron chi connectivity index (χ2n) is 1.63. The van der Waals surface area contributed by atoms with E-state index in [-0.39, 0.29) is 0 Å². The summed E-state index contributed by atoms with van der Waals surface area (Å²) in [6.45, 7) is 11.0. The third-order valence-electron chi connectivity index (χ3n) is 0.791. The van der Waals surface area contributed by atoms with Crippen LogP contribution in [0.25, 0.3) is 0 Å². The van der Waals surface area contributed by atoms with Gasteiger partial charge in [0.25, 0.3) is 0 Å². The van der Waals surface area contributed by atoms with E-state index in [0.717, 1.165) is 11.1 Å². The van der Waals surface area contributed by atoms with Crippen LogP contribution in [0.1, 0.15) is 13.8 Å². The minimum Gasteiger partial charge on any atom is -0.101 e. The van der Waals surface area contributed by atoms with Crippen molar-refractivity contribution >= 4 is 0 Å². The smallest absolute Gasteiger partial charge is 0.0196 e. The van der Waals surface area contributed by atoms with Gasteiger partial charge in [-0.15, -0.1) is 5.92 Å². The lowest BCUT2D eigenvalue weighted by atomic mass is 10.2. The Balaban J connectivity index is 3.99. The first-order valence-corrected chi connectivity index (χ1v) is 2.46. The lowest BCUT2D eigenvalue weighted by Gasteiger charge is -1.88. The Morgan fingerprint density at radius 3 is 2.00 bits per heavy atom. The lowest BCUT2D eigenvalue weighted by Crippen LogP contribution is -1.73. The molecule has 0 heterocycles. The minimum atomic E-state index is 0.826. The van der Waals surface area contributed by atoms with E-state index in [9.17, 15) is 0 Å². The molecule has 0 fully saturated rings. The van der Waals surface area contributed by atoms with Crippen LogP contribution >= 0.6 is 0 Å². The zero-order valence-corrected chi connectivity index (χ0v) is 5.41. The average Bonchev–Trinajstić information content (AvgIpc) is 1.67. The monoisotopic (exact) mass is 106 g/mol. The zero-order valence-electron chi connectivity index (χ0n) is 5.41. The molecule has 0 heteroatoms. The molecule has 0 amide bonds. The Hall–Kier alpha value is -0.960. The van der Waals surface area contributed by atoms with Gasteiger partial charge in [-0.05, 0) is 19.4 Å². The lowest BCUT2D eigenvalue weighted by molar-refractivity contribution is 1.50. The van der Waals surface area contributed by atoms with Gasteiger partial charge in [0, 0.05) is 5.57 Å². The van der Waals surface area contributed by atoms with Gasteiger partial charge in [0.15, 0.2) is 0 Å². The maximum absolute atomic E-state index is 3.67. The Kier molecular flexibility index (Phi) is 2.72. The average molecular weight is 106 g/mol. The van der Waals surface area contributed by atoms with Crippen LogP contribution in [0.3, 0.4) is 0 Å². The maximum atomic E-state index is 3.67. The molecule has 0 rings (SSSR count). The van der Waals surface area contributed by atoms with Gasteiger partial charge in [0.1, 0.15) is 0 Å². The molecule has 0 aromatic heterocycles. The summed E-state index contributed by atoms with van der Waals surface area (Å²) < 4.78 is 0. The van der Waals surface area contributed by atoms with E-state index in [1.165, 1.54) is 0 Å². The van der Waals surface area contributed by atoms with E-state index in [1.54, 1.807) is 6.92 Å². The molecule has 0 aromatic rings. The summed E-state index contributed by atoms with van der Waals surface area (Å²) in [6, 6.07) is 0. The summed E-state index contributed by atoms with van der Waals surface area (Å²) in [4.78, 5) is 0. The van der Waals surface area contributed by atoms with Crippen molar-refractivity contribution in [2.24, 2.45) is 0 Å². The van der Waals surface area contributed by atoms with Gasteiger partial charge in [-0.2, -0.15) is 0 Å². The van der Waals surface area contributed by atoms with Gasteiger partial charge in [0.05, 0.1) is 0 Å². The number of rotatable bonds is 1. The van der Waals surface area contributed by atoms with Gasteiger partial charge < -0.3 is 0 Å². The molecule has 0 atom stereocenters. The molecule has 0 unspecified atom stereocenters. The SMILES string of the molecule is C=C(C)C(=C)C#CC. The van der Waals surface area contributed by atoms with Gasteiger partial charge in [-0.25, -0.2) is 0 Å². The van der Waals surface area contributed by atoms with Crippen molar-refractivity contribution in [3.63, 3.8) is 0 Å². The molecule has 8 heavy (non-hydrogen) atoms. The highest BCUT2D eigenvalue weighted by Gasteiger charge is 1.83. The van der Waals surface area contributed by atoms with Crippen LogP contribution in [-0.2, 0) is 0 Å². The molecule has 0 nitrogen and oxygen atoms in total. The Bertz CT molecular complexity index is 162. The highest BCUT2D eigenvalue weighted by atomic mass is 13.9. The van der Waals surface area contributed by atoms with Crippen LogP contribution in [0, 0.1) is 11.8 Å². The third kappa shape index (κ3) is 2.25. The summed E-state index contributed by atoms with van der Waals surface area (Å²) in [5, 5.41) is 0. The summed E-state index contributed by atoms with van der Waals surface area (Å²) in [6.07, 6.45) is 0. The van der Waals surface area contributed by atoms with E-state index >= 15 is 0 Å². The molecule has 0 spiro atoms. The zero-order chi connectivity index (χ0) is 6.57. The highest BCUT2D eigenvalue weighted by molar-refractivity contribution is 5.39. The van der Waals surface area contributed by atoms with E-state index in [2.05, 4.69) is 25.0 Å².